The van der Waals surface area contributed by atoms with Gasteiger partial charge >= 0.3 is 0 Å². The van der Waals surface area contributed by atoms with Crippen molar-refractivity contribution in [3.05, 3.63) is 59.6 Å². The van der Waals surface area contributed by atoms with Crippen molar-refractivity contribution >= 4 is 34.1 Å². The molecule has 5 atom stereocenters. The summed E-state index contributed by atoms with van der Waals surface area (Å²) in [6, 6.07) is 11.6. The number of nitrogens with one attached hydrogen (secondary N) is 1. The lowest BCUT2D eigenvalue weighted by atomic mass is 9.97. The summed E-state index contributed by atoms with van der Waals surface area (Å²) in [7, 11) is 0. The molecule has 1 amide bonds. The Bertz CT molecular complexity index is 1100. The molecule has 7 heteroatoms. The zero-order valence-corrected chi connectivity index (χ0v) is 17.1. The van der Waals surface area contributed by atoms with Crippen LogP contribution in [0.4, 0.5) is 10.1 Å². The van der Waals surface area contributed by atoms with Crippen molar-refractivity contribution in [2.45, 2.75) is 25.9 Å². The van der Waals surface area contributed by atoms with E-state index in [1.54, 1.807) is 30.3 Å². The van der Waals surface area contributed by atoms with E-state index in [-0.39, 0.29) is 23.7 Å². The number of rotatable bonds is 5. The van der Waals surface area contributed by atoms with Crippen LogP contribution in [0.3, 0.4) is 0 Å². The first-order valence-electron chi connectivity index (χ1n) is 10.1. The molecule has 1 aromatic heterocycles. The highest BCUT2D eigenvalue weighted by atomic mass is 35.5. The number of nitrogens with zero attached hydrogens (tertiary/aromatic N) is 2. The van der Waals surface area contributed by atoms with E-state index in [4.69, 9.17) is 16.3 Å². The number of amides is 1. The van der Waals surface area contributed by atoms with Gasteiger partial charge in [0.15, 0.2) is 0 Å². The average molecular weight is 426 g/mol. The van der Waals surface area contributed by atoms with Crippen molar-refractivity contribution < 1.29 is 13.9 Å². The second-order valence-electron chi connectivity index (χ2n) is 8.24. The fourth-order valence-corrected chi connectivity index (χ4v) is 5.03. The van der Waals surface area contributed by atoms with Crippen molar-refractivity contribution in [1.29, 1.82) is 0 Å². The molecule has 2 aliphatic rings. The average Bonchev–Trinajstić information content (AvgIpc) is 3.24. The van der Waals surface area contributed by atoms with Gasteiger partial charge in [0.05, 0.1) is 10.9 Å². The Morgan fingerprint density at radius 3 is 2.63 bits per heavy atom. The molecule has 0 saturated heterocycles. The molecule has 154 valence electrons. The highest BCUT2D eigenvalue weighted by Gasteiger charge is 2.59. The Hall–Kier alpha value is -2.73. The normalized spacial score (nSPS) is 25.6. The number of anilines is 1. The van der Waals surface area contributed by atoms with E-state index in [2.05, 4.69) is 15.3 Å². The van der Waals surface area contributed by atoms with Gasteiger partial charge < -0.3 is 10.1 Å². The number of carbonyl (C=O) groups is 1. The van der Waals surface area contributed by atoms with Gasteiger partial charge in [0.25, 0.3) is 0 Å². The molecule has 0 aliphatic heterocycles. The summed E-state index contributed by atoms with van der Waals surface area (Å²) < 4.78 is 19.7. The second kappa shape index (κ2) is 7.51. The predicted molar refractivity (Wildman–Crippen MR) is 113 cm³/mol. The van der Waals surface area contributed by atoms with Crippen LogP contribution in [0.25, 0.3) is 10.9 Å². The molecule has 5 nitrogen and oxygen atoms in total. The van der Waals surface area contributed by atoms with Crippen LogP contribution in [0.1, 0.15) is 19.8 Å². The zero-order valence-electron chi connectivity index (χ0n) is 16.4. The van der Waals surface area contributed by atoms with Gasteiger partial charge in [0, 0.05) is 16.6 Å². The maximum absolute atomic E-state index is 13.6. The number of hydrogen-bond acceptors (Lipinski definition) is 4. The van der Waals surface area contributed by atoms with Crippen molar-refractivity contribution in [1.82, 2.24) is 9.97 Å². The Morgan fingerprint density at radius 2 is 1.90 bits per heavy atom. The van der Waals surface area contributed by atoms with Gasteiger partial charge in [0.2, 0.25) is 11.8 Å². The number of fused-ring (bicyclic) bond motifs is 2. The molecule has 2 saturated carbocycles. The third-order valence-electron chi connectivity index (χ3n) is 6.41. The molecular formula is C23H21ClFN3O2. The van der Waals surface area contributed by atoms with Crippen LogP contribution in [-0.4, -0.2) is 22.0 Å². The Morgan fingerprint density at radius 1 is 1.17 bits per heavy atom. The van der Waals surface area contributed by atoms with Crippen LogP contribution in [0.2, 0.25) is 5.02 Å². The van der Waals surface area contributed by atoms with Gasteiger partial charge in [-0.05, 0) is 73.1 Å². The lowest BCUT2D eigenvalue weighted by molar-refractivity contribution is -0.120. The third-order valence-corrected chi connectivity index (χ3v) is 6.66. The number of benzene rings is 2. The van der Waals surface area contributed by atoms with E-state index in [0.29, 0.717) is 39.6 Å². The molecule has 0 spiro atoms. The standard InChI is InChI=1S/C23H21ClFN3O2/c1-12(22(29)28-15-5-2-13(24)3-6-15)21-17-9-16(10-18(17)21)30-23-19-8-14(25)4-7-20(19)26-11-27-23/h2-8,11-12,16-18,21H,9-10H2,1H3,(H,28,29)/t12-,16-,17-,18+,21+/m1/s1. The molecule has 5 rings (SSSR count). The highest BCUT2D eigenvalue weighted by molar-refractivity contribution is 6.30. The Balaban J connectivity index is 1.20. The van der Waals surface area contributed by atoms with Crippen LogP contribution in [0.15, 0.2) is 48.8 Å². The maximum atomic E-state index is 13.6. The van der Waals surface area contributed by atoms with Gasteiger partial charge in [0.1, 0.15) is 18.2 Å². The van der Waals surface area contributed by atoms with E-state index in [0.717, 1.165) is 18.5 Å². The first-order chi connectivity index (χ1) is 14.5. The van der Waals surface area contributed by atoms with E-state index in [1.165, 1.54) is 18.5 Å². The van der Waals surface area contributed by atoms with E-state index in [1.807, 2.05) is 6.92 Å². The second-order valence-corrected chi connectivity index (χ2v) is 8.68. The minimum atomic E-state index is -0.336. The fourth-order valence-electron chi connectivity index (χ4n) is 4.90. The summed E-state index contributed by atoms with van der Waals surface area (Å²) in [5.41, 5.74) is 1.42. The lowest BCUT2D eigenvalue weighted by Gasteiger charge is -2.19. The minimum absolute atomic E-state index is 0.0316. The number of carbonyl (C=O) groups excluding carboxylic acids is 1. The molecule has 1 N–H and O–H groups in total. The molecule has 0 unspecified atom stereocenters. The van der Waals surface area contributed by atoms with Crippen LogP contribution < -0.4 is 10.1 Å². The number of halogens is 2. The van der Waals surface area contributed by atoms with Gasteiger partial charge in [-0.25, -0.2) is 14.4 Å². The summed E-state index contributed by atoms with van der Waals surface area (Å²) in [4.78, 5) is 21.0. The minimum Gasteiger partial charge on any atom is -0.474 e. The predicted octanol–water partition coefficient (Wildman–Crippen LogP) is 5.10. The highest BCUT2D eigenvalue weighted by Crippen LogP contribution is 2.61. The topological polar surface area (TPSA) is 64.1 Å². The molecule has 3 aromatic rings. The van der Waals surface area contributed by atoms with Crippen molar-refractivity contribution in [2.24, 2.45) is 23.7 Å². The molecule has 0 bridgehead atoms. The molecule has 30 heavy (non-hydrogen) atoms. The number of hydrogen-bond donors (Lipinski definition) is 1. The Kier molecular flexibility index (Phi) is 4.82. The smallest absolute Gasteiger partial charge is 0.227 e. The summed E-state index contributed by atoms with van der Waals surface area (Å²) in [5, 5.41) is 4.20. The maximum Gasteiger partial charge on any atom is 0.227 e. The Labute approximate surface area is 178 Å². The summed E-state index contributed by atoms with van der Waals surface area (Å²) in [6.07, 6.45) is 3.24. The summed E-state index contributed by atoms with van der Waals surface area (Å²) in [5.74, 6) is 1.39. The molecule has 2 aliphatic carbocycles. The van der Waals surface area contributed by atoms with E-state index in [9.17, 15) is 9.18 Å². The number of aromatic nitrogens is 2. The van der Waals surface area contributed by atoms with E-state index < -0.39 is 0 Å². The molecule has 1 heterocycles. The summed E-state index contributed by atoms with van der Waals surface area (Å²) in [6.45, 7) is 1.99. The monoisotopic (exact) mass is 425 g/mol. The third kappa shape index (κ3) is 3.60. The summed E-state index contributed by atoms with van der Waals surface area (Å²) >= 11 is 5.90. The molecule has 0 radical (unpaired) electrons. The van der Waals surface area contributed by atoms with Crippen LogP contribution in [0.5, 0.6) is 5.88 Å². The van der Waals surface area contributed by atoms with Gasteiger partial charge in [-0.1, -0.05) is 18.5 Å². The van der Waals surface area contributed by atoms with Crippen molar-refractivity contribution in [2.75, 3.05) is 5.32 Å². The first-order valence-corrected chi connectivity index (χ1v) is 10.5. The SMILES string of the molecule is C[C@@H](C(=O)Nc1ccc(Cl)cc1)[C@H]1[C@@H]2C[C@@H](Oc3ncnc4ccc(F)cc34)C[C@@H]21. The van der Waals surface area contributed by atoms with Gasteiger partial charge in [-0.2, -0.15) is 0 Å². The molecule has 2 aromatic carbocycles. The first kappa shape index (κ1) is 19.2. The molecular weight excluding hydrogens is 405 g/mol. The number of ether oxygens (including phenoxy) is 1. The zero-order chi connectivity index (χ0) is 20.8. The van der Waals surface area contributed by atoms with Crippen molar-refractivity contribution in [3.8, 4) is 5.88 Å². The van der Waals surface area contributed by atoms with E-state index >= 15 is 0 Å². The van der Waals surface area contributed by atoms with Crippen LogP contribution in [-0.2, 0) is 4.79 Å². The van der Waals surface area contributed by atoms with Crippen LogP contribution in [0, 0.1) is 29.5 Å². The fraction of sp³-hybridized carbons (Fsp3) is 0.348. The van der Waals surface area contributed by atoms with Crippen molar-refractivity contribution in [3.63, 3.8) is 0 Å². The molecule has 2 fully saturated rings. The van der Waals surface area contributed by atoms with Crippen LogP contribution >= 0.6 is 11.6 Å². The lowest BCUT2D eigenvalue weighted by Crippen LogP contribution is -2.25. The van der Waals surface area contributed by atoms with Gasteiger partial charge in [-0.3, -0.25) is 4.79 Å². The quantitative estimate of drug-likeness (QED) is 0.617. The largest absolute Gasteiger partial charge is 0.474 e. The van der Waals surface area contributed by atoms with Gasteiger partial charge in [-0.15, -0.1) is 0 Å².